The normalized spacial score (nSPS) is 17.6. The molecule has 1 aliphatic heterocycles. The van der Waals surface area contributed by atoms with Crippen LogP contribution in [0, 0.1) is 11.3 Å². The van der Waals surface area contributed by atoms with Gasteiger partial charge in [0, 0.05) is 26.5 Å². The van der Waals surface area contributed by atoms with Crippen LogP contribution in [0.3, 0.4) is 0 Å². The zero-order chi connectivity index (χ0) is 16.4. The maximum atomic E-state index is 12.5. The van der Waals surface area contributed by atoms with Crippen molar-refractivity contribution in [1.82, 2.24) is 9.88 Å². The van der Waals surface area contributed by atoms with Crippen LogP contribution < -0.4 is 0 Å². The summed E-state index contributed by atoms with van der Waals surface area (Å²) in [6.07, 6.45) is 2.77. The molecule has 6 heteroatoms. The number of ether oxygens (including phenoxy) is 2. The van der Waals surface area contributed by atoms with Crippen molar-refractivity contribution < 1.29 is 14.3 Å². The van der Waals surface area contributed by atoms with Gasteiger partial charge < -0.3 is 19.4 Å². The second kappa shape index (κ2) is 6.01. The van der Waals surface area contributed by atoms with Gasteiger partial charge in [-0.3, -0.25) is 0 Å². The summed E-state index contributed by atoms with van der Waals surface area (Å²) >= 11 is 0. The Morgan fingerprint density at radius 2 is 2.09 bits per heavy atom. The van der Waals surface area contributed by atoms with Crippen LogP contribution in [0.25, 0.3) is 0 Å². The van der Waals surface area contributed by atoms with Crippen molar-refractivity contribution >= 4 is 6.09 Å². The Kier molecular flexibility index (Phi) is 4.47. The number of rotatable bonds is 2. The van der Waals surface area contributed by atoms with Gasteiger partial charge in [-0.05, 0) is 45.2 Å². The topological polar surface area (TPSA) is 78.4 Å². The lowest BCUT2D eigenvalue weighted by Gasteiger charge is -2.44. The fourth-order valence-electron chi connectivity index (χ4n) is 2.76. The Bertz CT molecular complexity index is 574. The first kappa shape index (κ1) is 16.4. The number of hydrogen-bond acceptors (Lipinski definition) is 4. The van der Waals surface area contributed by atoms with Crippen LogP contribution in [0.5, 0.6) is 0 Å². The largest absolute Gasteiger partial charge is 0.444 e. The summed E-state index contributed by atoms with van der Waals surface area (Å²) in [5, 5.41) is 9.02. The van der Waals surface area contributed by atoms with Gasteiger partial charge >= 0.3 is 6.09 Å². The highest BCUT2D eigenvalue weighted by atomic mass is 16.6. The minimum Gasteiger partial charge on any atom is -0.444 e. The lowest BCUT2D eigenvalue weighted by molar-refractivity contribution is -0.0384. The molecule has 1 amide bonds. The molecule has 0 radical (unpaired) electrons. The number of H-pyrrole nitrogens is 1. The average Bonchev–Trinajstić information content (AvgIpc) is 2.95. The highest BCUT2D eigenvalue weighted by Crippen LogP contribution is 2.38. The molecule has 1 aliphatic rings. The summed E-state index contributed by atoms with van der Waals surface area (Å²) in [4.78, 5) is 17.1. The van der Waals surface area contributed by atoms with E-state index in [0.29, 0.717) is 31.7 Å². The van der Waals surface area contributed by atoms with Crippen molar-refractivity contribution in [1.29, 1.82) is 5.26 Å². The SMILES string of the molecule is CN(C(=O)OC(C)(C)C)C1(c2c[nH]c(C#N)c2)CCOCC1. The molecular weight excluding hydrogens is 282 g/mol. The predicted molar refractivity (Wildman–Crippen MR) is 81.2 cm³/mol. The molecule has 1 saturated heterocycles. The Morgan fingerprint density at radius 3 is 2.59 bits per heavy atom. The molecule has 0 saturated carbocycles. The van der Waals surface area contributed by atoms with Crippen LogP contribution in [0.2, 0.25) is 0 Å². The number of aromatic amines is 1. The minimum absolute atomic E-state index is 0.367. The van der Waals surface area contributed by atoms with Crippen molar-refractivity contribution in [3.05, 3.63) is 23.5 Å². The zero-order valence-electron chi connectivity index (χ0n) is 13.6. The van der Waals surface area contributed by atoms with E-state index in [1.165, 1.54) is 0 Å². The van der Waals surface area contributed by atoms with Crippen molar-refractivity contribution in [2.45, 2.75) is 44.8 Å². The molecule has 0 spiro atoms. The van der Waals surface area contributed by atoms with Gasteiger partial charge in [-0.2, -0.15) is 5.26 Å². The summed E-state index contributed by atoms with van der Waals surface area (Å²) in [6, 6.07) is 3.89. The molecule has 1 N–H and O–H groups in total. The van der Waals surface area contributed by atoms with E-state index in [0.717, 1.165) is 5.56 Å². The van der Waals surface area contributed by atoms with Crippen LogP contribution >= 0.6 is 0 Å². The van der Waals surface area contributed by atoms with Crippen molar-refractivity contribution in [2.75, 3.05) is 20.3 Å². The number of hydrogen-bond donors (Lipinski definition) is 1. The summed E-state index contributed by atoms with van der Waals surface area (Å²) in [6.45, 7) is 6.68. The number of carbonyl (C=O) groups is 1. The molecular formula is C16H23N3O3. The molecule has 1 aromatic heterocycles. The second-order valence-electron chi connectivity index (χ2n) is 6.60. The summed E-state index contributed by atoms with van der Waals surface area (Å²) in [5.41, 5.74) is 0.346. The highest BCUT2D eigenvalue weighted by Gasteiger charge is 2.42. The van der Waals surface area contributed by atoms with Gasteiger partial charge in [0.2, 0.25) is 0 Å². The van der Waals surface area contributed by atoms with Crippen LogP contribution in [0.1, 0.15) is 44.9 Å². The van der Waals surface area contributed by atoms with Gasteiger partial charge in [0.05, 0.1) is 5.54 Å². The maximum Gasteiger partial charge on any atom is 0.410 e. The van der Waals surface area contributed by atoms with E-state index >= 15 is 0 Å². The molecule has 2 heterocycles. The molecule has 0 unspecified atom stereocenters. The van der Waals surface area contributed by atoms with Gasteiger partial charge in [-0.1, -0.05) is 0 Å². The molecule has 22 heavy (non-hydrogen) atoms. The molecule has 0 aromatic carbocycles. The van der Waals surface area contributed by atoms with Gasteiger partial charge in [-0.25, -0.2) is 4.79 Å². The first-order valence-corrected chi connectivity index (χ1v) is 7.42. The van der Waals surface area contributed by atoms with Crippen LogP contribution in [0.15, 0.2) is 12.3 Å². The Labute approximate surface area is 131 Å². The van der Waals surface area contributed by atoms with Crippen LogP contribution in [0.4, 0.5) is 4.79 Å². The smallest absolute Gasteiger partial charge is 0.410 e. The van der Waals surface area contributed by atoms with Crippen molar-refractivity contribution in [3.63, 3.8) is 0 Å². The van der Waals surface area contributed by atoms with E-state index < -0.39 is 11.1 Å². The average molecular weight is 305 g/mol. The lowest BCUT2D eigenvalue weighted by Crippen LogP contribution is -2.51. The summed E-state index contributed by atoms with van der Waals surface area (Å²) < 4.78 is 11.0. The van der Waals surface area contributed by atoms with Crippen molar-refractivity contribution in [3.8, 4) is 6.07 Å². The number of amides is 1. The fraction of sp³-hybridized carbons (Fsp3) is 0.625. The number of nitrogens with one attached hydrogen (secondary N) is 1. The molecule has 0 aliphatic carbocycles. The van der Waals surface area contributed by atoms with Gasteiger partial charge in [0.1, 0.15) is 17.4 Å². The second-order valence-corrected chi connectivity index (χ2v) is 6.60. The summed E-state index contributed by atoms with van der Waals surface area (Å²) in [7, 11) is 1.75. The maximum absolute atomic E-state index is 12.5. The number of carbonyl (C=O) groups excluding carboxylic acids is 1. The molecule has 0 atom stereocenters. The first-order chi connectivity index (χ1) is 10.3. The molecule has 120 valence electrons. The van der Waals surface area contributed by atoms with E-state index in [1.807, 2.05) is 20.8 Å². The number of nitriles is 1. The van der Waals surface area contributed by atoms with E-state index in [-0.39, 0.29) is 6.09 Å². The minimum atomic E-state index is -0.548. The molecule has 1 fully saturated rings. The van der Waals surface area contributed by atoms with Gasteiger partial charge in [0.25, 0.3) is 0 Å². The highest BCUT2D eigenvalue weighted by molar-refractivity contribution is 5.69. The molecule has 6 nitrogen and oxygen atoms in total. The van der Waals surface area contributed by atoms with Crippen LogP contribution in [-0.2, 0) is 15.0 Å². The Balaban J connectivity index is 2.33. The predicted octanol–water partition coefficient (Wildman–Crippen LogP) is 2.76. The van der Waals surface area contributed by atoms with Gasteiger partial charge in [0.15, 0.2) is 0 Å². The monoisotopic (exact) mass is 305 g/mol. The van der Waals surface area contributed by atoms with E-state index in [1.54, 1.807) is 24.2 Å². The Morgan fingerprint density at radius 1 is 1.45 bits per heavy atom. The third-order valence-corrected chi connectivity index (χ3v) is 3.97. The van der Waals surface area contributed by atoms with Crippen LogP contribution in [-0.4, -0.2) is 41.8 Å². The van der Waals surface area contributed by atoms with E-state index in [2.05, 4.69) is 11.1 Å². The first-order valence-electron chi connectivity index (χ1n) is 7.42. The standard InChI is InChI=1S/C16H23N3O3/c1-15(2,3)22-14(20)19(4)16(5-7-21-8-6-16)12-9-13(10-17)18-11-12/h9,11,18H,5-8H2,1-4H3. The fourth-order valence-corrected chi connectivity index (χ4v) is 2.76. The van der Waals surface area contributed by atoms with Gasteiger partial charge in [-0.15, -0.1) is 0 Å². The molecule has 1 aromatic rings. The number of nitrogens with zero attached hydrogens (tertiary/aromatic N) is 2. The zero-order valence-corrected chi connectivity index (χ0v) is 13.6. The quantitative estimate of drug-likeness (QED) is 0.911. The third-order valence-electron chi connectivity index (χ3n) is 3.97. The third kappa shape index (κ3) is 3.25. The number of aromatic nitrogens is 1. The molecule has 0 bridgehead atoms. The van der Waals surface area contributed by atoms with Crippen molar-refractivity contribution in [2.24, 2.45) is 0 Å². The van der Waals surface area contributed by atoms with E-state index in [4.69, 9.17) is 14.7 Å². The summed E-state index contributed by atoms with van der Waals surface area (Å²) in [5.74, 6) is 0. The lowest BCUT2D eigenvalue weighted by atomic mass is 9.82. The Hall–Kier alpha value is -2.00. The molecule has 2 rings (SSSR count). The van der Waals surface area contributed by atoms with E-state index in [9.17, 15) is 4.79 Å².